The lowest BCUT2D eigenvalue weighted by atomic mass is 10.3. The number of anilines is 1. The summed E-state index contributed by atoms with van der Waals surface area (Å²) in [6.07, 6.45) is 0. The van der Waals surface area contributed by atoms with Crippen molar-refractivity contribution in [2.45, 2.75) is 6.54 Å². The van der Waals surface area contributed by atoms with Gasteiger partial charge in [0.1, 0.15) is 6.54 Å². The lowest BCUT2D eigenvalue weighted by molar-refractivity contribution is -0.116. The van der Waals surface area contributed by atoms with Gasteiger partial charge in [-0.3, -0.25) is 4.79 Å². The minimum atomic E-state index is -0.141. The Bertz CT molecular complexity index is 851. The van der Waals surface area contributed by atoms with E-state index in [0.29, 0.717) is 15.5 Å². The molecule has 0 saturated heterocycles. The van der Waals surface area contributed by atoms with Gasteiger partial charge in [0.15, 0.2) is 4.77 Å². The first-order chi connectivity index (χ1) is 10.1. The number of amides is 1. The van der Waals surface area contributed by atoms with Gasteiger partial charge in [0.2, 0.25) is 5.91 Å². The maximum Gasteiger partial charge on any atom is 0.244 e. The van der Waals surface area contributed by atoms with Crippen LogP contribution < -0.4 is 5.32 Å². The van der Waals surface area contributed by atoms with E-state index in [2.05, 4.69) is 10.3 Å². The number of halogens is 1. The van der Waals surface area contributed by atoms with Crippen molar-refractivity contribution in [3.63, 3.8) is 0 Å². The number of nitrogens with zero attached hydrogens (tertiary/aromatic N) is 1. The molecule has 2 aromatic carbocycles. The Morgan fingerprint density at radius 3 is 2.67 bits per heavy atom. The molecule has 21 heavy (non-hydrogen) atoms. The lowest BCUT2D eigenvalue weighted by Gasteiger charge is -2.07. The third kappa shape index (κ3) is 2.99. The van der Waals surface area contributed by atoms with E-state index in [0.717, 1.165) is 11.0 Å². The van der Waals surface area contributed by atoms with Gasteiger partial charge in [-0.2, -0.15) is 0 Å². The molecule has 6 heteroatoms. The number of aromatic amines is 1. The van der Waals surface area contributed by atoms with Crippen molar-refractivity contribution in [3.8, 4) is 0 Å². The number of aromatic nitrogens is 2. The molecule has 3 aromatic rings. The highest BCUT2D eigenvalue weighted by Crippen LogP contribution is 2.15. The number of fused-ring (bicyclic) bond motifs is 1. The van der Waals surface area contributed by atoms with Crippen LogP contribution in [0.5, 0.6) is 0 Å². The predicted molar refractivity (Wildman–Crippen MR) is 87.2 cm³/mol. The monoisotopic (exact) mass is 317 g/mol. The number of rotatable bonds is 3. The fourth-order valence-electron chi connectivity index (χ4n) is 2.14. The first-order valence-corrected chi connectivity index (χ1v) is 7.15. The molecule has 3 rings (SSSR count). The van der Waals surface area contributed by atoms with Gasteiger partial charge in [-0.1, -0.05) is 23.7 Å². The van der Waals surface area contributed by atoms with Crippen molar-refractivity contribution in [3.05, 3.63) is 58.3 Å². The highest BCUT2D eigenvalue weighted by atomic mass is 35.5. The van der Waals surface area contributed by atoms with Crippen LogP contribution in [0, 0.1) is 4.77 Å². The molecule has 4 nitrogen and oxygen atoms in total. The molecule has 0 atom stereocenters. The number of hydrogen-bond acceptors (Lipinski definition) is 2. The highest BCUT2D eigenvalue weighted by molar-refractivity contribution is 7.71. The van der Waals surface area contributed by atoms with E-state index >= 15 is 0 Å². The van der Waals surface area contributed by atoms with Crippen LogP contribution in [0.25, 0.3) is 11.0 Å². The van der Waals surface area contributed by atoms with Crippen LogP contribution in [0.1, 0.15) is 0 Å². The van der Waals surface area contributed by atoms with E-state index < -0.39 is 0 Å². The smallest absolute Gasteiger partial charge is 0.244 e. The second kappa shape index (κ2) is 5.71. The van der Waals surface area contributed by atoms with Crippen LogP contribution in [0.4, 0.5) is 5.69 Å². The number of imidazole rings is 1. The van der Waals surface area contributed by atoms with Crippen molar-refractivity contribution in [2.75, 3.05) is 5.32 Å². The third-order valence-electron chi connectivity index (χ3n) is 3.11. The maximum atomic E-state index is 12.1. The van der Waals surface area contributed by atoms with Crippen LogP contribution in [-0.4, -0.2) is 15.5 Å². The Morgan fingerprint density at radius 2 is 1.90 bits per heavy atom. The molecule has 0 unspecified atom stereocenters. The average Bonchev–Trinajstić information content (AvgIpc) is 2.78. The summed E-state index contributed by atoms with van der Waals surface area (Å²) >= 11 is 11.1. The summed E-state index contributed by atoms with van der Waals surface area (Å²) < 4.78 is 2.30. The Morgan fingerprint density at radius 1 is 1.19 bits per heavy atom. The zero-order valence-electron chi connectivity index (χ0n) is 11.0. The Labute approximate surface area is 131 Å². The normalized spacial score (nSPS) is 10.7. The second-order valence-corrected chi connectivity index (χ2v) is 5.41. The van der Waals surface area contributed by atoms with Gasteiger partial charge < -0.3 is 14.9 Å². The zero-order valence-corrected chi connectivity index (χ0v) is 12.5. The maximum absolute atomic E-state index is 12.1. The molecule has 0 bridgehead atoms. The third-order valence-corrected chi connectivity index (χ3v) is 3.69. The quantitative estimate of drug-likeness (QED) is 0.718. The van der Waals surface area contributed by atoms with Crippen LogP contribution in [0.2, 0.25) is 5.02 Å². The topological polar surface area (TPSA) is 49.8 Å². The second-order valence-electron chi connectivity index (χ2n) is 4.59. The number of para-hydroxylation sites is 2. The van der Waals surface area contributed by atoms with Gasteiger partial charge in [0.25, 0.3) is 0 Å². The molecule has 0 aliphatic carbocycles. The van der Waals surface area contributed by atoms with Crippen LogP contribution >= 0.6 is 23.8 Å². The molecule has 0 aliphatic heterocycles. The van der Waals surface area contributed by atoms with Crippen molar-refractivity contribution in [2.24, 2.45) is 0 Å². The number of H-pyrrole nitrogens is 1. The summed E-state index contributed by atoms with van der Waals surface area (Å²) in [5.74, 6) is -0.141. The fourth-order valence-corrected chi connectivity index (χ4v) is 2.54. The number of carbonyl (C=O) groups excluding carboxylic acids is 1. The standard InChI is InChI=1S/C15H12ClN3OS/c16-10-5-7-11(8-6-10)17-14(20)9-19-13-4-2-1-3-12(13)18-15(19)21/h1-8H,9H2,(H,17,20)(H,18,21). The molecule has 0 fully saturated rings. The van der Waals surface area contributed by atoms with Gasteiger partial charge in [-0.15, -0.1) is 0 Å². The molecule has 1 heterocycles. The van der Waals surface area contributed by atoms with E-state index in [-0.39, 0.29) is 12.5 Å². The van der Waals surface area contributed by atoms with E-state index in [1.807, 2.05) is 24.3 Å². The Kier molecular flexibility index (Phi) is 3.77. The molecule has 1 aromatic heterocycles. The van der Waals surface area contributed by atoms with Crippen molar-refractivity contribution in [1.82, 2.24) is 9.55 Å². The molecule has 106 valence electrons. The first kappa shape index (κ1) is 13.9. The van der Waals surface area contributed by atoms with E-state index in [9.17, 15) is 4.79 Å². The molecule has 2 N–H and O–H groups in total. The molecule has 1 amide bonds. The largest absolute Gasteiger partial charge is 0.331 e. The summed E-state index contributed by atoms with van der Waals surface area (Å²) in [5, 5.41) is 3.45. The summed E-state index contributed by atoms with van der Waals surface area (Å²) in [7, 11) is 0. The van der Waals surface area contributed by atoms with E-state index in [1.54, 1.807) is 28.8 Å². The number of nitrogens with one attached hydrogen (secondary N) is 2. The van der Waals surface area contributed by atoms with Crippen LogP contribution in [0.15, 0.2) is 48.5 Å². The zero-order chi connectivity index (χ0) is 14.8. The van der Waals surface area contributed by atoms with Crippen molar-refractivity contribution >= 4 is 46.4 Å². The van der Waals surface area contributed by atoms with Crippen molar-refractivity contribution in [1.29, 1.82) is 0 Å². The minimum absolute atomic E-state index is 0.141. The SMILES string of the molecule is O=C(Cn1c(=S)[nH]c2ccccc21)Nc1ccc(Cl)cc1. The van der Waals surface area contributed by atoms with Gasteiger partial charge in [-0.25, -0.2) is 0 Å². The molecule has 0 radical (unpaired) electrons. The molecule has 0 spiro atoms. The van der Waals surface area contributed by atoms with Gasteiger partial charge in [-0.05, 0) is 48.6 Å². The molecular formula is C15H12ClN3OS. The van der Waals surface area contributed by atoms with E-state index in [1.165, 1.54) is 0 Å². The summed E-state index contributed by atoms with van der Waals surface area (Å²) in [6.45, 7) is 0.158. The van der Waals surface area contributed by atoms with E-state index in [4.69, 9.17) is 23.8 Å². The van der Waals surface area contributed by atoms with Gasteiger partial charge in [0, 0.05) is 10.7 Å². The lowest BCUT2D eigenvalue weighted by Crippen LogP contribution is -2.18. The fraction of sp³-hybridized carbons (Fsp3) is 0.0667. The molecular weight excluding hydrogens is 306 g/mol. The Balaban J connectivity index is 1.82. The highest BCUT2D eigenvalue weighted by Gasteiger charge is 2.08. The summed E-state index contributed by atoms with van der Waals surface area (Å²) in [4.78, 5) is 15.2. The predicted octanol–water partition coefficient (Wildman–Crippen LogP) is 3.99. The summed E-state index contributed by atoms with van der Waals surface area (Å²) in [6, 6.07) is 14.7. The molecule has 0 saturated carbocycles. The summed E-state index contributed by atoms with van der Waals surface area (Å²) in [5.41, 5.74) is 2.53. The number of hydrogen-bond donors (Lipinski definition) is 2. The number of carbonyl (C=O) groups is 1. The van der Waals surface area contributed by atoms with Crippen LogP contribution in [-0.2, 0) is 11.3 Å². The van der Waals surface area contributed by atoms with Gasteiger partial charge in [0.05, 0.1) is 11.0 Å². The molecule has 0 aliphatic rings. The van der Waals surface area contributed by atoms with Crippen LogP contribution in [0.3, 0.4) is 0 Å². The Hall–Kier alpha value is -2.11. The minimum Gasteiger partial charge on any atom is -0.331 e. The van der Waals surface area contributed by atoms with Gasteiger partial charge >= 0.3 is 0 Å². The first-order valence-electron chi connectivity index (χ1n) is 6.36. The number of benzene rings is 2. The van der Waals surface area contributed by atoms with Crippen molar-refractivity contribution < 1.29 is 4.79 Å². The average molecular weight is 318 g/mol.